The molecule has 1 N–H and O–H groups in total. The summed E-state index contributed by atoms with van der Waals surface area (Å²) in [6, 6.07) is 7.16. The highest BCUT2D eigenvalue weighted by molar-refractivity contribution is 7.20. The number of nitro benzene ring substituents is 1. The Labute approximate surface area is 149 Å². The van der Waals surface area contributed by atoms with Crippen molar-refractivity contribution in [3.8, 4) is 0 Å². The average Bonchev–Trinajstić information content (AvgIpc) is 3.05. The molecule has 3 heterocycles. The van der Waals surface area contributed by atoms with Crippen LogP contribution in [0.5, 0.6) is 0 Å². The van der Waals surface area contributed by atoms with Crippen LogP contribution >= 0.6 is 23.7 Å². The lowest BCUT2D eigenvalue weighted by atomic mass is 10.1. The van der Waals surface area contributed by atoms with Crippen molar-refractivity contribution in [2.45, 2.75) is 31.3 Å². The van der Waals surface area contributed by atoms with Crippen LogP contribution in [-0.4, -0.2) is 40.9 Å². The van der Waals surface area contributed by atoms with Gasteiger partial charge in [0.1, 0.15) is 0 Å². The molecule has 1 aromatic heterocycles. The molecule has 0 radical (unpaired) electrons. The van der Waals surface area contributed by atoms with Crippen molar-refractivity contribution in [2.75, 3.05) is 13.1 Å². The van der Waals surface area contributed by atoms with E-state index in [-0.39, 0.29) is 30.0 Å². The molecule has 4 rings (SSSR count). The molecule has 6 nitrogen and oxygen atoms in total. The summed E-state index contributed by atoms with van der Waals surface area (Å²) in [7, 11) is 0. The van der Waals surface area contributed by atoms with Gasteiger partial charge in [0.05, 0.1) is 9.80 Å². The van der Waals surface area contributed by atoms with Crippen LogP contribution in [0.25, 0.3) is 10.1 Å². The molecule has 0 aliphatic carbocycles. The molecule has 2 bridgehead atoms. The normalized spacial score (nSPS) is 22.9. The lowest BCUT2D eigenvalue weighted by Gasteiger charge is -2.27. The Hall–Kier alpha value is -1.70. The van der Waals surface area contributed by atoms with Gasteiger partial charge in [0.15, 0.2) is 0 Å². The molecule has 2 saturated heterocycles. The Morgan fingerprint density at radius 1 is 1.25 bits per heavy atom. The van der Waals surface area contributed by atoms with Crippen molar-refractivity contribution in [3.05, 3.63) is 39.3 Å². The van der Waals surface area contributed by atoms with E-state index in [4.69, 9.17) is 0 Å². The number of fused-ring (bicyclic) bond motifs is 3. The number of carbonyl (C=O) groups is 1. The lowest BCUT2D eigenvalue weighted by molar-refractivity contribution is -0.384. The van der Waals surface area contributed by atoms with E-state index in [2.05, 4.69) is 5.32 Å². The Morgan fingerprint density at radius 2 is 2.04 bits per heavy atom. The lowest BCUT2D eigenvalue weighted by Crippen LogP contribution is -2.42. The third-order valence-corrected chi connectivity index (χ3v) is 5.91. The van der Waals surface area contributed by atoms with Crippen molar-refractivity contribution in [1.82, 2.24) is 10.2 Å². The summed E-state index contributed by atoms with van der Waals surface area (Å²) in [4.78, 5) is 26.2. The molecule has 2 fully saturated rings. The number of nitrogens with zero attached hydrogens (tertiary/aromatic N) is 2. The van der Waals surface area contributed by atoms with E-state index in [1.807, 2.05) is 4.90 Å². The van der Waals surface area contributed by atoms with Crippen LogP contribution in [0, 0.1) is 10.1 Å². The maximum Gasteiger partial charge on any atom is 0.270 e. The number of non-ortho nitro benzene ring substituents is 1. The highest BCUT2D eigenvalue weighted by Gasteiger charge is 2.38. The first-order chi connectivity index (χ1) is 11.1. The van der Waals surface area contributed by atoms with Gasteiger partial charge >= 0.3 is 0 Å². The van der Waals surface area contributed by atoms with E-state index >= 15 is 0 Å². The fourth-order valence-electron chi connectivity index (χ4n) is 3.69. The molecule has 24 heavy (non-hydrogen) atoms. The number of hydrogen-bond donors (Lipinski definition) is 1. The average molecular weight is 368 g/mol. The predicted octanol–water partition coefficient (Wildman–Crippen LogP) is 3.20. The van der Waals surface area contributed by atoms with E-state index in [0.29, 0.717) is 10.9 Å². The van der Waals surface area contributed by atoms with Gasteiger partial charge in [-0.05, 0) is 37.9 Å². The van der Waals surface area contributed by atoms with Crippen LogP contribution < -0.4 is 5.32 Å². The molecule has 2 atom stereocenters. The number of amides is 1. The van der Waals surface area contributed by atoms with Crippen molar-refractivity contribution in [2.24, 2.45) is 0 Å². The number of nitrogens with one attached hydrogen (secondary N) is 1. The number of rotatable bonds is 2. The first kappa shape index (κ1) is 17.1. The van der Waals surface area contributed by atoms with Gasteiger partial charge in [0.2, 0.25) is 0 Å². The van der Waals surface area contributed by atoms with E-state index < -0.39 is 4.92 Å². The SMILES string of the molecule is Cl.O=C(c1cc2cc([N+](=O)[O-])ccc2s1)N1C2CCNCC1CC2. The number of carbonyl (C=O) groups excluding carboxylic acids is 1. The van der Waals surface area contributed by atoms with Crippen LogP contribution in [0.3, 0.4) is 0 Å². The van der Waals surface area contributed by atoms with Crippen LogP contribution in [0.4, 0.5) is 5.69 Å². The molecule has 0 saturated carbocycles. The predicted molar refractivity (Wildman–Crippen MR) is 96.2 cm³/mol. The quantitative estimate of drug-likeness (QED) is 0.653. The number of halogens is 1. The maximum absolute atomic E-state index is 13.0. The molecule has 2 aromatic rings. The van der Waals surface area contributed by atoms with Crippen molar-refractivity contribution >= 4 is 45.4 Å². The molecule has 2 aliphatic rings. The molecule has 0 spiro atoms. The van der Waals surface area contributed by atoms with Gasteiger partial charge in [-0.3, -0.25) is 14.9 Å². The van der Waals surface area contributed by atoms with Gasteiger partial charge in [-0.1, -0.05) is 0 Å². The van der Waals surface area contributed by atoms with Gasteiger partial charge < -0.3 is 10.2 Å². The number of nitro groups is 1. The molecule has 128 valence electrons. The summed E-state index contributed by atoms with van der Waals surface area (Å²) in [6.07, 6.45) is 3.13. The number of thiophene rings is 1. The minimum absolute atomic E-state index is 0. The van der Waals surface area contributed by atoms with Crippen LogP contribution in [0.2, 0.25) is 0 Å². The van der Waals surface area contributed by atoms with Gasteiger partial charge in [-0.25, -0.2) is 0 Å². The number of hydrogen-bond acceptors (Lipinski definition) is 5. The summed E-state index contributed by atoms with van der Waals surface area (Å²) < 4.78 is 0.916. The first-order valence-electron chi connectivity index (χ1n) is 7.85. The zero-order valence-electron chi connectivity index (χ0n) is 12.9. The Balaban J connectivity index is 0.00000169. The molecular formula is C16H18ClN3O3S. The standard InChI is InChI=1S/C16H17N3O3S.ClH/c20-16(18-11-1-2-13(18)9-17-6-5-11)15-8-10-7-12(19(21)22)3-4-14(10)23-15;/h3-4,7-8,11,13,17H,1-2,5-6,9H2;1H. The van der Waals surface area contributed by atoms with E-state index in [1.165, 1.54) is 17.4 Å². The highest BCUT2D eigenvalue weighted by atomic mass is 35.5. The summed E-state index contributed by atoms with van der Waals surface area (Å²) >= 11 is 1.42. The van der Waals surface area contributed by atoms with Crippen LogP contribution in [-0.2, 0) is 0 Å². The molecule has 2 aliphatic heterocycles. The summed E-state index contributed by atoms with van der Waals surface area (Å²) in [6.45, 7) is 1.82. The molecule has 1 amide bonds. The Morgan fingerprint density at radius 3 is 2.83 bits per heavy atom. The minimum atomic E-state index is -0.403. The van der Waals surface area contributed by atoms with Crippen LogP contribution in [0.15, 0.2) is 24.3 Å². The summed E-state index contributed by atoms with van der Waals surface area (Å²) in [5, 5.41) is 15.1. The zero-order valence-corrected chi connectivity index (χ0v) is 14.6. The third kappa shape index (κ3) is 2.87. The summed E-state index contributed by atoms with van der Waals surface area (Å²) in [5.41, 5.74) is 0.0633. The largest absolute Gasteiger partial charge is 0.331 e. The molecule has 2 unspecified atom stereocenters. The molecular weight excluding hydrogens is 350 g/mol. The van der Waals surface area contributed by atoms with Gasteiger partial charge in [0.25, 0.3) is 11.6 Å². The zero-order chi connectivity index (χ0) is 16.0. The second-order valence-electron chi connectivity index (χ2n) is 6.18. The van der Waals surface area contributed by atoms with Gasteiger partial charge in [0, 0.05) is 40.8 Å². The Bertz CT molecular complexity index is 780. The maximum atomic E-state index is 13.0. The fourth-order valence-corrected chi connectivity index (χ4v) is 4.68. The molecule has 8 heteroatoms. The van der Waals surface area contributed by atoms with Crippen molar-refractivity contribution in [1.29, 1.82) is 0 Å². The first-order valence-corrected chi connectivity index (χ1v) is 8.66. The minimum Gasteiger partial charge on any atom is -0.331 e. The van der Waals surface area contributed by atoms with E-state index in [9.17, 15) is 14.9 Å². The van der Waals surface area contributed by atoms with Gasteiger partial charge in [-0.15, -0.1) is 23.7 Å². The van der Waals surface area contributed by atoms with Crippen molar-refractivity contribution < 1.29 is 9.72 Å². The second-order valence-corrected chi connectivity index (χ2v) is 7.26. The van der Waals surface area contributed by atoms with Crippen molar-refractivity contribution in [3.63, 3.8) is 0 Å². The third-order valence-electron chi connectivity index (χ3n) is 4.81. The second kappa shape index (κ2) is 6.66. The van der Waals surface area contributed by atoms with Gasteiger partial charge in [-0.2, -0.15) is 0 Å². The molecule has 1 aromatic carbocycles. The Kier molecular flexibility index (Phi) is 4.76. The van der Waals surface area contributed by atoms with Crippen LogP contribution in [0.1, 0.15) is 28.9 Å². The fraction of sp³-hybridized carbons (Fsp3) is 0.438. The monoisotopic (exact) mass is 367 g/mol. The van der Waals surface area contributed by atoms with E-state index in [0.717, 1.165) is 42.4 Å². The smallest absolute Gasteiger partial charge is 0.270 e. The number of benzene rings is 1. The topological polar surface area (TPSA) is 75.5 Å². The highest BCUT2D eigenvalue weighted by Crippen LogP contribution is 2.34. The summed E-state index contributed by atoms with van der Waals surface area (Å²) in [5.74, 6) is 0.0741. The van der Waals surface area contributed by atoms with E-state index in [1.54, 1.807) is 18.2 Å².